The quantitative estimate of drug-likeness (QED) is 0.802. The smallest absolute Gasteiger partial charge is 0.0922 e. The molecular formula is C18H23N5. The number of nitrogens with zero attached hydrogens (tertiary/aromatic N) is 3. The zero-order valence-corrected chi connectivity index (χ0v) is 13.2. The highest BCUT2D eigenvalue weighted by Crippen LogP contribution is 2.33. The number of rotatable bonds is 6. The molecule has 23 heavy (non-hydrogen) atoms. The third-order valence-electron chi connectivity index (χ3n) is 4.38. The topological polar surface area (TPSA) is 90.2 Å². The third kappa shape index (κ3) is 3.74. The molecule has 0 bridgehead atoms. The van der Waals surface area contributed by atoms with Crippen LogP contribution in [0.5, 0.6) is 0 Å². The van der Waals surface area contributed by atoms with E-state index in [4.69, 9.17) is 11.5 Å². The molecule has 1 saturated carbocycles. The summed E-state index contributed by atoms with van der Waals surface area (Å²) < 4.78 is 0. The van der Waals surface area contributed by atoms with Gasteiger partial charge in [-0.2, -0.15) is 0 Å². The lowest BCUT2D eigenvalue weighted by Crippen LogP contribution is -2.27. The van der Waals surface area contributed by atoms with E-state index in [2.05, 4.69) is 15.0 Å². The van der Waals surface area contributed by atoms with Crippen LogP contribution >= 0.6 is 0 Å². The Morgan fingerprint density at radius 1 is 1.26 bits per heavy atom. The molecule has 1 aromatic carbocycles. The number of hydrogen-bond acceptors (Lipinski definition) is 5. The normalized spacial score (nSPS) is 21.7. The SMILES string of the molecule is N/C=C(\C=NC1CC(CCCN)C1)c1cnc2ccccc2n1. The van der Waals surface area contributed by atoms with Gasteiger partial charge in [0.15, 0.2) is 0 Å². The number of aromatic nitrogens is 2. The second-order valence-corrected chi connectivity index (χ2v) is 6.07. The monoisotopic (exact) mass is 309 g/mol. The van der Waals surface area contributed by atoms with Gasteiger partial charge in [-0.3, -0.25) is 9.98 Å². The molecule has 0 spiro atoms. The van der Waals surface area contributed by atoms with Crippen molar-refractivity contribution in [2.24, 2.45) is 22.4 Å². The lowest BCUT2D eigenvalue weighted by molar-refractivity contribution is 0.249. The minimum Gasteiger partial charge on any atom is -0.404 e. The van der Waals surface area contributed by atoms with Gasteiger partial charge in [0.2, 0.25) is 0 Å². The highest BCUT2D eigenvalue weighted by atomic mass is 14.8. The van der Waals surface area contributed by atoms with Gasteiger partial charge in [-0.15, -0.1) is 0 Å². The van der Waals surface area contributed by atoms with Crippen molar-refractivity contribution in [2.45, 2.75) is 31.7 Å². The Morgan fingerprint density at radius 2 is 2.04 bits per heavy atom. The van der Waals surface area contributed by atoms with Gasteiger partial charge in [0.1, 0.15) is 0 Å². The Balaban J connectivity index is 1.65. The maximum atomic E-state index is 5.75. The number of hydrogen-bond donors (Lipinski definition) is 2. The number of allylic oxidation sites excluding steroid dienone is 1. The summed E-state index contributed by atoms with van der Waals surface area (Å²) in [5.74, 6) is 0.784. The van der Waals surface area contributed by atoms with Crippen LogP contribution in [0.4, 0.5) is 0 Å². The summed E-state index contributed by atoms with van der Waals surface area (Å²) in [6, 6.07) is 8.21. The van der Waals surface area contributed by atoms with E-state index in [1.165, 1.54) is 6.42 Å². The highest BCUT2D eigenvalue weighted by Gasteiger charge is 2.27. The van der Waals surface area contributed by atoms with Crippen LogP contribution in [0.25, 0.3) is 16.6 Å². The Hall–Kier alpha value is -2.27. The predicted octanol–water partition coefficient (Wildman–Crippen LogP) is 2.52. The van der Waals surface area contributed by atoms with Crippen molar-refractivity contribution in [1.29, 1.82) is 0 Å². The van der Waals surface area contributed by atoms with E-state index in [0.29, 0.717) is 6.04 Å². The van der Waals surface area contributed by atoms with Gasteiger partial charge in [0.25, 0.3) is 0 Å². The molecule has 1 heterocycles. The molecule has 0 unspecified atom stereocenters. The van der Waals surface area contributed by atoms with Crippen LogP contribution in [0.1, 0.15) is 31.4 Å². The van der Waals surface area contributed by atoms with Crippen LogP contribution in [-0.4, -0.2) is 28.8 Å². The van der Waals surface area contributed by atoms with Gasteiger partial charge in [0, 0.05) is 18.0 Å². The van der Waals surface area contributed by atoms with E-state index in [1.54, 1.807) is 12.4 Å². The van der Waals surface area contributed by atoms with Gasteiger partial charge in [0.05, 0.1) is 29.0 Å². The molecule has 4 N–H and O–H groups in total. The number of aliphatic imine (C=N–C) groups is 1. The van der Waals surface area contributed by atoms with Crippen molar-refractivity contribution in [1.82, 2.24) is 9.97 Å². The first-order valence-electron chi connectivity index (χ1n) is 8.17. The summed E-state index contributed by atoms with van der Waals surface area (Å²) in [6.07, 6.45) is 9.77. The first-order chi connectivity index (χ1) is 11.3. The number of benzene rings is 1. The molecule has 0 amide bonds. The second kappa shape index (κ2) is 7.33. The molecular weight excluding hydrogens is 286 g/mol. The van der Waals surface area contributed by atoms with E-state index in [1.807, 2.05) is 30.5 Å². The number of para-hydroxylation sites is 2. The maximum Gasteiger partial charge on any atom is 0.0922 e. The largest absolute Gasteiger partial charge is 0.404 e. The van der Waals surface area contributed by atoms with Crippen LogP contribution < -0.4 is 11.5 Å². The summed E-state index contributed by atoms with van der Waals surface area (Å²) in [7, 11) is 0. The Bertz CT molecular complexity index is 716. The van der Waals surface area contributed by atoms with Gasteiger partial charge in [-0.05, 0) is 50.3 Å². The maximum absolute atomic E-state index is 5.75. The highest BCUT2D eigenvalue weighted by molar-refractivity contribution is 6.09. The third-order valence-corrected chi connectivity index (χ3v) is 4.38. The average Bonchev–Trinajstić information content (AvgIpc) is 2.56. The summed E-state index contributed by atoms with van der Waals surface area (Å²) in [5.41, 5.74) is 14.6. The van der Waals surface area contributed by atoms with Crippen molar-refractivity contribution in [3.05, 3.63) is 42.4 Å². The summed E-state index contributed by atoms with van der Waals surface area (Å²) in [5, 5.41) is 0. The van der Waals surface area contributed by atoms with Crippen LogP contribution in [-0.2, 0) is 0 Å². The molecule has 1 aromatic heterocycles. The molecule has 0 atom stereocenters. The van der Waals surface area contributed by atoms with E-state index in [9.17, 15) is 0 Å². The molecule has 0 aliphatic heterocycles. The van der Waals surface area contributed by atoms with Crippen molar-refractivity contribution in [3.8, 4) is 0 Å². The second-order valence-electron chi connectivity index (χ2n) is 6.07. The van der Waals surface area contributed by atoms with Crippen LogP contribution in [0.15, 0.2) is 41.7 Å². The van der Waals surface area contributed by atoms with Crippen LogP contribution in [0, 0.1) is 5.92 Å². The molecule has 1 fully saturated rings. The Kier molecular flexibility index (Phi) is 4.98. The van der Waals surface area contributed by atoms with Gasteiger partial charge >= 0.3 is 0 Å². The van der Waals surface area contributed by atoms with Gasteiger partial charge in [-0.1, -0.05) is 12.1 Å². The summed E-state index contributed by atoms with van der Waals surface area (Å²) in [6.45, 7) is 0.783. The van der Waals surface area contributed by atoms with E-state index >= 15 is 0 Å². The van der Waals surface area contributed by atoms with Crippen molar-refractivity contribution >= 4 is 22.8 Å². The van der Waals surface area contributed by atoms with E-state index < -0.39 is 0 Å². The fourth-order valence-electron chi connectivity index (χ4n) is 2.94. The van der Waals surface area contributed by atoms with Gasteiger partial charge in [-0.25, -0.2) is 4.98 Å². The van der Waals surface area contributed by atoms with Crippen molar-refractivity contribution < 1.29 is 0 Å². The Labute approximate surface area is 136 Å². The fraction of sp³-hybridized carbons (Fsp3) is 0.389. The fourth-order valence-corrected chi connectivity index (χ4v) is 2.94. The minimum absolute atomic E-state index is 0.404. The summed E-state index contributed by atoms with van der Waals surface area (Å²) >= 11 is 0. The molecule has 5 heteroatoms. The Morgan fingerprint density at radius 3 is 2.78 bits per heavy atom. The van der Waals surface area contributed by atoms with E-state index in [0.717, 1.165) is 54.0 Å². The lowest BCUT2D eigenvalue weighted by atomic mass is 9.78. The van der Waals surface area contributed by atoms with Gasteiger partial charge < -0.3 is 11.5 Å². The zero-order valence-electron chi connectivity index (χ0n) is 13.2. The standard InChI is InChI=1S/C18H23N5/c19-7-3-4-13-8-15(9-13)21-11-14(10-20)18-12-22-16-5-1-2-6-17(16)23-18/h1-2,5-6,10-13,15H,3-4,7-9,19-20H2/b14-10+,21-11?. The molecule has 5 nitrogen and oxygen atoms in total. The molecule has 2 aromatic rings. The van der Waals surface area contributed by atoms with Crippen LogP contribution in [0.2, 0.25) is 0 Å². The molecule has 120 valence electrons. The average molecular weight is 309 g/mol. The molecule has 0 saturated heterocycles. The number of nitrogens with two attached hydrogens (primary N) is 2. The molecule has 1 aliphatic rings. The summed E-state index contributed by atoms with van der Waals surface area (Å²) in [4.78, 5) is 13.7. The van der Waals surface area contributed by atoms with E-state index in [-0.39, 0.29) is 0 Å². The molecule has 0 radical (unpaired) electrons. The zero-order chi connectivity index (χ0) is 16.1. The van der Waals surface area contributed by atoms with Crippen molar-refractivity contribution in [2.75, 3.05) is 6.54 Å². The van der Waals surface area contributed by atoms with Crippen LogP contribution in [0.3, 0.4) is 0 Å². The predicted molar refractivity (Wildman–Crippen MR) is 95.0 cm³/mol. The minimum atomic E-state index is 0.404. The lowest BCUT2D eigenvalue weighted by Gasteiger charge is -2.32. The van der Waals surface area contributed by atoms with Crippen molar-refractivity contribution in [3.63, 3.8) is 0 Å². The first kappa shape index (κ1) is 15.6. The first-order valence-corrected chi connectivity index (χ1v) is 8.17. The molecule has 1 aliphatic carbocycles. The number of fused-ring (bicyclic) bond motifs is 1. The molecule has 3 rings (SSSR count).